The number of hydrogen-bond acceptors (Lipinski definition) is 5. The van der Waals surface area contributed by atoms with Crippen LogP contribution < -0.4 is 5.32 Å². The second kappa shape index (κ2) is 8.05. The first kappa shape index (κ1) is 17.5. The maximum atomic E-state index is 12.0. The van der Waals surface area contributed by atoms with Gasteiger partial charge in [-0.1, -0.05) is 0 Å². The van der Waals surface area contributed by atoms with Crippen molar-refractivity contribution >= 4 is 23.6 Å². The van der Waals surface area contributed by atoms with Crippen molar-refractivity contribution in [2.75, 3.05) is 25.7 Å². The highest BCUT2D eigenvalue weighted by molar-refractivity contribution is 7.98. The predicted molar refractivity (Wildman–Crippen MR) is 83.7 cm³/mol. The van der Waals surface area contributed by atoms with E-state index >= 15 is 0 Å². The summed E-state index contributed by atoms with van der Waals surface area (Å²) in [4.78, 5) is 23.3. The lowest BCUT2D eigenvalue weighted by molar-refractivity contribution is 0.0528. The lowest BCUT2D eigenvalue weighted by Gasteiger charge is -2.23. The molecule has 116 valence electrons. The molecule has 1 atom stereocenters. The zero-order valence-electron chi connectivity index (χ0n) is 12.5. The van der Waals surface area contributed by atoms with E-state index in [1.807, 2.05) is 6.26 Å². The van der Waals surface area contributed by atoms with Gasteiger partial charge in [0.05, 0.1) is 18.3 Å². The molecule has 0 aliphatic rings. The number of aliphatic hydroxyl groups is 1. The molecule has 0 aliphatic heterocycles. The van der Waals surface area contributed by atoms with Crippen molar-refractivity contribution in [3.8, 4) is 0 Å². The normalized spacial score (nSPS) is 13.3. The van der Waals surface area contributed by atoms with Gasteiger partial charge in [0, 0.05) is 12.1 Å². The van der Waals surface area contributed by atoms with Crippen LogP contribution in [0.5, 0.6) is 0 Å². The Hall–Kier alpha value is -1.53. The van der Waals surface area contributed by atoms with Crippen LogP contribution in [-0.2, 0) is 4.74 Å². The number of thioether (sulfide) groups is 1. The first-order valence-electron chi connectivity index (χ1n) is 6.57. The van der Waals surface area contributed by atoms with Crippen LogP contribution in [0, 0.1) is 0 Å². The number of ether oxygens (including phenoxy) is 1. The molecule has 0 saturated carbocycles. The number of carbonyl (C=O) groups is 2. The standard InChI is InChI=1S/C15H21NO4S/c1-15(19,8-9-21-3)10-16-13(17)11-4-6-12(7-5-11)14(18)20-2/h4-7,19H,8-10H2,1-3H3,(H,16,17)/t15-/m1/s1. The maximum absolute atomic E-state index is 12.0. The highest BCUT2D eigenvalue weighted by Gasteiger charge is 2.21. The SMILES string of the molecule is COC(=O)c1ccc(C(=O)NC[C@](C)(O)CCSC)cc1. The number of hydrogen-bond donors (Lipinski definition) is 2. The van der Waals surface area contributed by atoms with Gasteiger partial charge in [0.15, 0.2) is 0 Å². The molecule has 0 fully saturated rings. The summed E-state index contributed by atoms with van der Waals surface area (Å²) in [5.41, 5.74) is -0.103. The molecule has 0 aromatic heterocycles. The molecule has 6 heteroatoms. The van der Waals surface area contributed by atoms with Crippen molar-refractivity contribution in [1.29, 1.82) is 0 Å². The fourth-order valence-corrected chi connectivity index (χ4v) is 2.30. The molecular weight excluding hydrogens is 290 g/mol. The van der Waals surface area contributed by atoms with Crippen LogP contribution in [0.1, 0.15) is 34.1 Å². The van der Waals surface area contributed by atoms with Gasteiger partial charge >= 0.3 is 5.97 Å². The van der Waals surface area contributed by atoms with E-state index in [2.05, 4.69) is 10.1 Å². The lowest BCUT2D eigenvalue weighted by atomic mass is 10.0. The fourth-order valence-electron chi connectivity index (χ4n) is 1.66. The highest BCUT2D eigenvalue weighted by atomic mass is 32.2. The van der Waals surface area contributed by atoms with E-state index < -0.39 is 11.6 Å². The van der Waals surface area contributed by atoms with E-state index in [9.17, 15) is 14.7 Å². The quantitative estimate of drug-likeness (QED) is 0.750. The molecule has 0 radical (unpaired) electrons. The number of esters is 1. The van der Waals surface area contributed by atoms with Crippen LogP contribution in [-0.4, -0.2) is 48.2 Å². The molecule has 0 bridgehead atoms. The number of rotatable bonds is 7. The van der Waals surface area contributed by atoms with Crippen LogP contribution in [0.3, 0.4) is 0 Å². The molecule has 5 nitrogen and oxygen atoms in total. The van der Waals surface area contributed by atoms with Gasteiger partial charge in [-0.05, 0) is 49.6 Å². The smallest absolute Gasteiger partial charge is 0.337 e. The Balaban J connectivity index is 2.58. The van der Waals surface area contributed by atoms with Gasteiger partial charge in [0.25, 0.3) is 5.91 Å². The van der Waals surface area contributed by atoms with Gasteiger partial charge < -0.3 is 15.2 Å². The van der Waals surface area contributed by atoms with Gasteiger partial charge in [-0.2, -0.15) is 11.8 Å². The number of amides is 1. The first-order chi connectivity index (χ1) is 9.89. The Morgan fingerprint density at radius 3 is 2.38 bits per heavy atom. The zero-order chi connectivity index (χ0) is 15.9. The molecule has 1 rings (SSSR count). The van der Waals surface area contributed by atoms with E-state index in [-0.39, 0.29) is 12.5 Å². The molecule has 0 unspecified atom stereocenters. The van der Waals surface area contributed by atoms with Crippen molar-refractivity contribution in [3.05, 3.63) is 35.4 Å². The summed E-state index contributed by atoms with van der Waals surface area (Å²) in [6.45, 7) is 1.88. The second-order valence-electron chi connectivity index (χ2n) is 4.99. The van der Waals surface area contributed by atoms with Gasteiger partial charge in [0.1, 0.15) is 0 Å². The Kier molecular flexibility index (Phi) is 6.71. The number of methoxy groups -OCH3 is 1. The molecule has 2 N–H and O–H groups in total. The van der Waals surface area contributed by atoms with Crippen LogP contribution in [0.2, 0.25) is 0 Å². The zero-order valence-corrected chi connectivity index (χ0v) is 13.3. The van der Waals surface area contributed by atoms with Crippen molar-refractivity contribution < 1.29 is 19.4 Å². The number of benzene rings is 1. The summed E-state index contributed by atoms with van der Waals surface area (Å²) in [5.74, 6) is 0.106. The van der Waals surface area contributed by atoms with Gasteiger partial charge in [-0.25, -0.2) is 4.79 Å². The molecule has 21 heavy (non-hydrogen) atoms. The van der Waals surface area contributed by atoms with Crippen molar-refractivity contribution in [2.24, 2.45) is 0 Å². The largest absolute Gasteiger partial charge is 0.465 e. The van der Waals surface area contributed by atoms with Crippen molar-refractivity contribution in [3.63, 3.8) is 0 Å². The van der Waals surface area contributed by atoms with Crippen molar-refractivity contribution in [1.82, 2.24) is 5.32 Å². The second-order valence-corrected chi connectivity index (χ2v) is 5.98. The van der Waals surface area contributed by atoms with Crippen LogP contribution in [0.25, 0.3) is 0 Å². The van der Waals surface area contributed by atoms with Gasteiger partial charge in [0.2, 0.25) is 0 Å². The summed E-state index contributed by atoms with van der Waals surface area (Å²) in [5, 5.41) is 12.8. The maximum Gasteiger partial charge on any atom is 0.337 e. The average Bonchev–Trinajstić information content (AvgIpc) is 2.50. The summed E-state index contributed by atoms with van der Waals surface area (Å²) < 4.78 is 4.59. The summed E-state index contributed by atoms with van der Waals surface area (Å²) in [6, 6.07) is 6.18. The predicted octanol–water partition coefficient (Wildman–Crippen LogP) is 1.71. The molecule has 0 aliphatic carbocycles. The van der Waals surface area contributed by atoms with Crippen LogP contribution in [0.4, 0.5) is 0 Å². The Morgan fingerprint density at radius 2 is 1.86 bits per heavy atom. The molecule has 0 saturated heterocycles. The first-order valence-corrected chi connectivity index (χ1v) is 7.97. The van der Waals surface area contributed by atoms with E-state index in [4.69, 9.17) is 0 Å². The molecule has 1 amide bonds. The summed E-state index contributed by atoms with van der Waals surface area (Å²) >= 11 is 1.65. The summed E-state index contributed by atoms with van der Waals surface area (Å²) in [6.07, 6.45) is 2.58. The fraction of sp³-hybridized carbons (Fsp3) is 0.467. The van der Waals surface area contributed by atoms with E-state index in [0.29, 0.717) is 17.5 Å². The minimum Gasteiger partial charge on any atom is -0.465 e. The minimum atomic E-state index is -0.926. The van der Waals surface area contributed by atoms with E-state index in [1.54, 1.807) is 30.8 Å². The lowest BCUT2D eigenvalue weighted by Crippen LogP contribution is -2.41. The Bertz CT molecular complexity index is 485. The molecule has 1 aromatic carbocycles. The van der Waals surface area contributed by atoms with Gasteiger partial charge in [-0.15, -0.1) is 0 Å². The molecular formula is C15H21NO4S. The van der Waals surface area contributed by atoms with E-state index in [0.717, 1.165) is 5.75 Å². The number of nitrogens with one attached hydrogen (secondary N) is 1. The average molecular weight is 311 g/mol. The number of carbonyl (C=O) groups excluding carboxylic acids is 2. The van der Waals surface area contributed by atoms with Crippen LogP contribution >= 0.6 is 11.8 Å². The Morgan fingerprint density at radius 1 is 1.29 bits per heavy atom. The third-order valence-corrected chi connectivity index (χ3v) is 3.66. The monoisotopic (exact) mass is 311 g/mol. The minimum absolute atomic E-state index is 0.186. The third-order valence-electron chi connectivity index (χ3n) is 3.04. The third kappa shape index (κ3) is 5.77. The van der Waals surface area contributed by atoms with E-state index in [1.165, 1.54) is 19.2 Å². The van der Waals surface area contributed by atoms with Crippen molar-refractivity contribution in [2.45, 2.75) is 18.9 Å². The summed E-state index contributed by atoms with van der Waals surface area (Å²) in [7, 11) is 1.31. The Labute approximate surface area is 129 Å². The highest BCUT2D eigenvalue weighted by Crippen LogP contribution is 2.12. The van der Waals surface area contributed by atoms with Gasteiger partial charge in [-0.3, -0.25) is 4.79 Å². The topological polar surface area (TPSA) is 75.6 Å². The van der Waals surface area contributed by atoms with Crippen LogP contribution in [0.15, 0.2) is 24.3 Å². The molecule has 0 spiro atoms. The molecule has 0 heterocycles. The molecule has 1 aromatic rings.